The molecule has 0 bridgehead atoms. The lowest BCUT2D eigenvalue weighted by Crippen LogP contribution is -2.24. The molecule has 0 aliphatic carbocycles. The summed E-state index contributed by atoms with van der Waals surface area (Å²) >= 11 is 0. The number of hydrogen-bond donors (Lipinski definition) is 2. The number of rotatable bonds is 4. The number of pyridine rings is 2. The van der Waals surface area contributed by atoms with Gasteiger partial charge < -0.3 is 14.9 Å². The molecule has 1 atom stereocenters. The second-order valence-electron chi connectivity index (χ2n) is 6.38. The molecule has 30 heavy (non-hydrogen) atoms. The summed E-state index contributed by atoms with van der Waals surface area (Å²) < 4.78 is 40.3. The zero-order valence-electron chi connectivity index (χ0n) is 15.5. The quantitative estimate of drug-likeness (QED) is 0.492. The summed E-state index contributed by atoms with van der Waals surface area (Å²) in [6.07, 6.45) is -1.86. The van der Waals surface area contributed by atoms with Gasteiger partial charge >= 0.3 is 6.18 Å². The van der Waals surface area contributed by atoms with Crippen molar-refractivity contribution < 1.29 is 13.2 Å². The molecule has 4 rings (SSSR count). The van der Waals surface area contributed by atoms with Gasteiger partial charge in [0.05, 0.1) is 16.6 Å². The highest BCUT2D eigenvalue weighted by molar-refractivity contribution is 5.92. The van der Waals surface area contributed by atoms with E-state index in [0.29, 0.717) is 22.4 Å². The summed E-state index contributed by atoms with van der Waals surface area (Å²) in [4.78, 5) is 19.6. The van der Waals surface area contributed by atoms with Gasteiger partial charge in [-0.05, 0) is 31.2 Å². The summed E-state index contributed by atoms with van der Waals surface area (Å²) in [6, 6.07) is 9.70. The van der Waals surface area contributed by atoms with Gasteiger partial charge in [0.2, 0.25) is 0 Å². The molecule has 0 spiro atoms. The molecule has 0 aliphatic heterocycles. The molecule has 7 nitrogen and oxygen atoms in total. The van der Waals surface area contributed by atoms with Crippen LogP contribution in [0.4, 0.5) is 24.7 Å². The van der Waals surface area contributed by atoms with Gasteiger partial charge in [-0.15, -0.1) is 22.6 Å². The topological polar surface area (TPSA) is 88.5 Å². The number of nitrogens with one attached hydrogen (secondary N) is 2. The lowest BCUT2D eigenvalue weighted by molar-refractivity contribution is -0.162. The number of anilines is 2. The van der Waals surface area contributed by atoms with Crippen molar-refractivity contribution in [3.8, 4) is 11.5 Å². The zero-order valence-corrected chi connectivity index (χ0v) is 16.3. The summed E-state index contributed by atoms with van der Waals surface area (Å²) in [5, 5.41) is 10.9. The van der Waals surface area contributed by atoms with Gasteiger partial charge in [-0.25, -0.2) is 4.98 Å². The van der Waals surface area contributed by atoms with Gasteiger partial charge in [0.1, 0.15) is 23.9 Å². The zero-order chi connectivity index (χ0) is 20.6. The van der Waals surface area contributed by atoms with Crippen LogP contribution >= 0.6 is 12.4 Å². The Morgan fingerprint density at radius 3 is 2.67 bits per heavy atom. The van der Waals surface area contributed by atoms with Crippen molar-refractivity contribution in [1.29, 1.82) is 0 Å². The highest BCUT2D eigenvalue weighted by Gasteiger charge is 2.38. The average Bonchev–Trinajstić information content (AvgIpc) is 3.17. The van der Waals surface area contributed by atoms with Gasteiger partial charge in [0, 0.05) is 12.3 Å². The summed E-state index contributed by atoms with van der Waals surface area (Å²) in [5.41, 5.74) is 1.23. The van der Waals surface area contributed by atoms with E-state index in [9.17, 15) is 18.0 Å². The molecule has 0 radical (unpaired) electrons. The first-order valence-electron chi connectivity index (χ1n) is 8.65. The van der Waals surface area contributed by atoms with Gasteiger partial charge in [-0.3, -0.25) is 4.79 Å². The second-order valence-corrected chi connectivity index (χ2v) is 6.38. The molecule has 156 valence electrons. The average molecular weight is 437 g/mol. The third-order valence-electron chi connectivity index (χ3n) is 4.49. The standard InChI is InChI=1S/C19H15F3N6O.ClH/c1-11(19(20,21)22)28-10-24-27-18(28)14-6-3-7-16(26-14)25-13-5-2-4-12-17(13)15(29)8-9-23-12;/h2-11H,1H3,(H,23,29)(H,25,26);1H/t11-;/m0./s1. The molecular weight excluding hydrogens is 421 g/mol. The molecule has 0 saturated carbocycles. The fourth-order valence-corrected chi connectivity index (χ4v) is 2.97. The normalized spacial score (nSPS) is 12.4. The minimum Gasteiger partial charge on any atom is -0.361 e. The monoisotopic (exact) mass is 436 g/mol. The van der Waals surface area contributed by atoms with Crippen molar-refractivity contribution in [3.05, 3.63) is 65.2 Å². The molecule has 0 aliphatic rings. The fourth-order valence-electron chi connectivity index (χ4n) is 2.97. The van der Waals surface area contributed by atoms with Crippen LogP contribution in [-0.2, 0) is 0 Å². The predicted octanol–water partition coefficient (Wildman–Crippen LogP) is 4.47. The smallest absolute Gasteiger partial charge is 0.361 e. The first-order valence-corrected chi connectivity index (χ1v) is 8.65. The Hall–Kier alpha value is -3.40. The van der Waals surface area contributed by atoms with E-state index in [4.69, 9.17) is 0 Å². The van der Waals surface area contributed by atoms with Crippen LogP contribution in [0.25, 0.3) is 22.4 Å². The van der Waals surface area contributed by atoms with Gasteiger partial charge in [-0.1, -0.05) is 12.1 Å². The molecule has 11 heteroatoms. The maximum Gasteiger partial charge on any atom is 0.408 e. The van der Waals surface area contributed by atoms with Crippen LogP contribution in [0.3, 0.4) is 0 Å². The molecule has 0 fully saturated rings. The van der Waals surface area contributed by atoms with Crippen molar-refractivity contribution in [1.82, 2.24) is 24.7 Å². The van der Waals surface area contributed by atoms with Crippen molar-refractivity contribution >= 4 is 34.8 Å². The van der Waals surface area contributed by atoms with E-state index in [1.54, 1.807) is 42.6 Å². The molecule has 0 unspecified atom stereocenters. The number of hydrogen-bond acceptors (Lipinski definition) is 5. The van der Waals surface area contributed by atoms with E-state index in [1.165, 1.54) is 6.07 Å². The lowest BCUT2D eigenvalue weighted by atomic mass is 10.1. The Labute approximate surface area is 174 Å². The Morgan fingerprint density at radius 1 is 1.13 bits per heavy atom. The molecule has 4 aromatic rings. The number of halogens is 4. The van der Waals surface area contributed by atoms with E-state index >= 15 is 0 Å². The van der Waals surface area contributed by atoms with Crippen LogP contribution in [0.15, 0.2) is 59.8 Å². The van der Waals surface area contributed by atoms with E-state index in [1.807, 2.05) is 0 Å². The van der Waals surface area contributed by atoms with Crippen molar-refractivity contribution in [2.24, 2.45) is 0 Å². The largest absolute Gasteiger partial charge is 0.408 e. The van der Waals surface area contributed by atoms with E-state index < -0.39 is 12.2 Å². The van der Waals surface area contributed by atoms with Crippen LogP contribution < -0.4 is 10.7 Å². The number of aromatic amines is 1. The highest BCUT2D eigenvalue weighted by atomic mass is 35.5. The van der Waals surface area contributed by atoms with Crippen LogP contribution in [0.5, 0.6) is 0 Å². The fraction of sp³-hybridized carbons (Fsp3) is 0.158. The van der Waals surface area contributed by atoms with Crippen LogP contribution in [-0.4, -0.2) is 30.9 Å². The van der Waals surface area contributed by atoms with Gasteiger partial charge in [0.25, 0.3) is 0 Å². The molecule has 0 amide bonds. The number of fused-ring (bicyclic) bond motifs is 1. The molecule has 2 N–H and O–H groups in total. The Morgan fingerprint density at radius 2 is 1.90 bits per heavy atom. The molecule has 3 aromatic heterocycles. The van der Waals surface area contributed by atoms with Crippen molar-refractivity contribution in [2.75, 3.05) is 5.32 Å². The highest BCUT2D eigenvalue weighted by Crippen LogP contribution is 2.32. The van der Waals surface area contributed by atoms with E-state index in [2.05, 4.69) is 25.5 Å². The SMILES string of the molecule is C[C@H](n1cnnc1-c1cccc(Nc2cccc3[nH]ccc(=O)c23)n1)C(F)(F)F.Cl. The molecule has 0 saturated heterocycles. The van der Waals surface area contributed by atoms with Crippen LogP contribution in [0.1, 0.15) is 13.0 Å². The molecule has 3 heterocycles. The number of alkyl halides is 3. The number of benzene rings is 1. The Balaban J connectivity index is 0.00000256. The number of H-pyrrole nitrogens is 1. The maximum atomic E-state index is 13.1. The van der Waals surface area contributed by atoms with Crippen molar-refractivity contribution in [2.45, 2.75) is 19.1 Å². The third kappa shape index (κ3) is 3.99. The van der Waals surface area contributed by atoms with Crippen LogP contribution in [0, 0.1) is 0 Å². The Bertz CT molecular complexity index is 1230. The third-order valence-corrected chi connectivity index (χ3v) is 4.49. The number of nitrogens with zero attached hydrogens (tertiary/aromatic N) is 4. The summed E-state index contributed by atoms with van der Waals surface area (Å²) in [5.74, 6) is 0.349. The lowest BCUT2D eigenvalue weighted by Gasteiger charge is -2.18. The minimum absolute atomic E-state index is 0. The molecule has 1 aromatic carbocycles. The van der Waals surface area contributed by atoms with Crippen LogP contribution in [0.2, 0.25) is 0 Å². The van der Waals surface area contributed by atoms with Gasteiger partial charge in [-0.2, -0.15) is 13.2 Å². The minimum atomic E-state index is -4.45. The summed E-state index contributed by atoms with van der Waals surface area (Å²) in [7, 11) is 0. The maximum absolute atomic E-state index is 13.1. The van der Waals surface area contributed by atoms with E-state index in [0.717, 1.165) is 17.8 Å². The Kier molecular flexibility index (Phi) is 5.79. The van der Waals surface area contributed by atoms with Crippen molar-refractivity contribution in [3.63, 3.8) is 0 Å². The first-order chi connectivity index (χ1) is 13.8. The molecular formula is C19H16ClF3N6O. The second kappa shape index (κ2) is 8.15. The summed E-state index contributed by atoms with van der Waals surface area (Å²) in [6.45, 7) is 1.03. The predicted molar refractivity (Wildman–Crippen MR) is 109 cm³/mol. The number of aromatic nitrogens is 5. The van der Waals surface area contributed by atoms with E-state index in [-0.39, 0.29) is 29.4 Å². The van der Waals surface area contributed by atoms with Gasteiger partial charge in [0.15, 0.2) is 11.3 Å². The first kappa shape index (κ1) is 21.3.